The number of fused-ring (bicyclic) bond motifs is 1. The Morgan fingerprint density at radius 1 is 1.23 bits per heavy atom. The molecule has 0 radical (unpaired) electrons. The fourth-order valence-electron chi connectivity index (χ4n) is 2.73. The van der Waals surface area contributed by atoms with Crippen molar-refractivity contribution in [3.8, 4) is 11.5 Å². The molecule has 156 valence electrons. The van der Waals surface area contributed by atoms with Gasteiger partial charge in [0.05, 0.1) is 31.3 Å². The molecule has 3 rings (SSSR count). The minimum Gasteiger partial charge on any atom is -0.493 e. The third-order valence-corrected chi connectivity index (χ3v) is 4.65. The smallest absolute Gasteiger partial charge is 0.349 e. The zero-order chi connectivity index (χ0) is 21.8. The van der Waals surface area contributed by atoms with Gasteiger partial charge in [-0.05, 0) is 31.2 Å². The second-order valence-electron chi connectivity index (χ2n) is 6.15. The number of esters is 1. The van der Waals surface area contributed by atoms with Crippen molar-refractivity contribution in [2.24, 2.45) is 5.10 Å². The SMILES string of the molecule is COC(=O)[C@H](C)Oc1c(C=Nn2c(=O)[nH]c3ccccc3c2=O)cc(Br)cc1OC. The van der Waals surface area contributed by atoms with Crippen molar-refractivity contribution in [1.82, 2.24) is 9.66 Å². The maximum atomic E-state index is 12.7. The number of aromatic nitrogens is 2. The predicted octanol–water partition coefficient (Wildman–Crippen LogP) is 2.28. The zero-order valence-electron chi connectivity index (χ0n) is 16.3. The van der Waals surface area contributed by atoms with Crippen LogP contribution in [-0.4, -0.2) is 42.2 Å². The van der Waals surface area contributed by atoms with Gasteiger partial charge in [-0.2, -0.15) is 5.10 Å². The monoisotopic (exact) mass is 475 g/mol. The van der Waals surface area contributed by atoms with Gasteiger partial charge in [-0.25, -0.2) is 9.59 Å². The number of methoxy groups -OCH3 is 2. The number of carbonyl (C=O) groups excluding carboxylic acids is 1. The highest BCUT2D eigenvalue weighted by molar-refractivity contribution is 9.10. The minimum atomic E-state index is -0.927. The van der Waals surface area contributed by atoms with Crippen molar-refractivity contribution in [3.63, 3.8) is 0 Å². The van der Waals surface area contributed by atoms with E-state index < -0.39 is 23.3 Å². The Morgan fingerprint density at radius 3 is 2.67 bits per heavy atom. The summed E-state index contributed by atoms with van der Waals surface area (Å²) < 4.78 is 17.1. The van der Waals surface area contributed by atoms with Gasteiger partial charge in [-0.3, -0.25) is 4.79 Å². The summed E-state index contributed by atoms with van der Waals surface area (Å²) in [7, 11) is 2.69. The lowest BCUT2D eigenvalue weighted by Gasteiger charge is -2.17. The van der Waals surface area contributed by atoms with Crippen LogP contribution in [0.25, 0.3) is 10.9 Å². The van der Waals surface area contributed by atoms with E-state index in [9.17, 15) is 14.4 Å². The summed E-state index contributed by atoms with van der Waals surface area (Å²) in [5.41, 5.74) is -0.476. The molecule has 0 bridgehead atoms. The van der Waals surface area contributed by atoms with Gasteiger partial charge in [0.25, 0.3) is 5.56 Å². The van der Waals surface area contributed by atoms with Crippen LogP contribution < -0.4 is 20.7 Å². The number of hydrogen-bond donors (Lipinski definition) is 1. The molecule has 1 N–H and O–H groups in total. The predicted molar refractivity (Wildman–Crippen MR) is 115 cm³/mol. The maximum Gasteiger partial charge on any atom is 0.349 e. The summed E-state index contributed by atoms with van der Waals surface area (Å²) >= 11 is 3.36. The first-order valence-electron chi connectivity index (χ1n) is 8.76. The largest absolute Gasteiger partial charge is 0.493 e. The van der Waals surface area contributed by atoms with Gasteiger partial charge >= 0.3 is 11.7 Å². The Labute approximate surface area is 179 Å². The Hall–Kier alpha value is -3.40. The van der Waals surface area contributed by atoms with Gasteiger partial charge in [-0.1, -0.05) is 28.1 Å². The minimum absolute atomic E-state index is 0.201. The van der Waals surface area contributed by atoms with Crippen LogP contribution in [0.15, 0.2) is 55.6 Å². The highest BCUT2D eigenvalue weighted by Crippen LogP contribution is 2.34. The van der Waals surface area contributed by atoms with E-state index in [0.29, 0.717) is 31.4 Å². The summed E-state index contributed by atoms with van der Waals surface area (Å²) in [5, 5.41) is 4.35. The molecule has 1 heterocycles. The molecule has 0 aliphatic carbocycles. The average Bonchev–Trinajstić information content (AvgIpc) is 2.74. The van der Waals surface area contributed by atoms with Gasteiger partial charge in [0.15, 0.2) is 17.6 Å². The van der Waals surface area contributed by atoms with Crippen LogP contribution in [-0.2, 0) is 9.53 Å². The van der Waals surface area contributed by atoms with E-state index in [1.54, 1.807) is 36.4 Å². The van der Waals surface area contributed by atoms with Crippen LogP contribution >= 0.6 is 15.9 Å². The molecular formula is C20H18BrN3O6. The molecule has 0 unspecified atom stereocenters. The summed E-state index contributed by atoms with van der Waals surface area (Å²) in [6.45, 7) is 1.52. The fourth-order valence-corrected chi connectivity index (χ4v) is 3.19. The van der Waals surface area contributed by atoms with Crippen LogP contribution in [0.4, 0.5) is 0 Å². The lowest BCUT2D eigenvalue weighted by molar-refractivity contribution is -0.147. The molecule has 1 aromatic heterocycles. The third kappa shape index (κ3) is 4.28. The molecule has 10 heteroatoms. The number of carbonyl (C=O) groups is 1. The summed E-state index contributed by atoms with van der Waals surface area (Å²) in [6, 6.07) is 9.91. The van der Waals surface area contributed by atoms with Gasteiger partial charge in [0.2, 0.25) is 0 Å². The molecule has 0 saturated carbocycles. The first-order valence-corrected chi connectivity index (χ1v) is 9.55. The van der Waals surface area contributed by atoms with Crippen LogP contribution in [0.2, 0.25) is 0 Å². The maximum absolute atomic E-state index is 12.7. The normalized spacial score (nSPS) is 12.1. The van der Waals surface area contributed by atoms with E-state index in [4.69, 9.17) is 9.47 Å². The first kappa shape index (κ1) is 21.3. The topological polar surface area (TPSA) is 112 Å². The number of H-pyrrole nitrogens is 1. The fraction of sp³-hybridized carbons (Fsp3) is 0.200. The highest BCUT2D eigenvalue weighted by atomic mass is 79.9. The second kappa shape index (κ2) is 8.95. The van der Waals surface area contributed by atoms with Gasteiger partial charge in [0.1, 0.15) is 0 Å². The molecule has 2 aromatic carbocycles. The Bertz CT molecular complexity index is 1250. The van der Waals surface area contributed by atoms with Crippen molar-refractivity contribution in [3.05, 3.63) is 67.3 Å². The lowest BCUT2D eigenvalue weighted by Crippen LogP contribution is -2.32. The van der Waals surface area contributed by atoms with Crippen molar-refractivity contribution in [2.75, 3.05) is 14.2 Å². The highest BCUT2D eigenvalue weighted by Gasteiger charge is 2.20. The quantitative estimate of drug-likeness (QED) is 0.432. The van der Waals surface area contributed by atoms with Crippen molar-refractivity contribution >= 4 is 39.0 Å². The lowest BCUT2D eigenvalue weighted by atomic mass is 10.2. The Morgan fingerprint density at radius 2 is 1.97 bits per heavy atom. The van der Waals surface area contributed by atoms with E-state index in [1.165, 1.54) is 27.4 Å². The van der Waals surface area contributed by atoms with Gasteiger partial charge < -0.3 is 19.2 Å². The van der Waals surface area contributed by atoms with E-state index in [1.807, 2.05) is 0 Å². The molecule has 0 aliphatic rings. The molecule has 0 fully saturated rings. The molecule has 3 aromatic rings. The molecule has 0 spiro atoms. The van der Waals surface area contributed by atoms with E-state index in [-0.39, 0.29) is 5.75 Å². The number of ether oxygens (including phenoxy) is 3. The van der Waals surface area contributed by atoms with Crippen LogP contribution in [0.3, 0.4) is 0 Å². The Kier molecular flexibility index (Phi) is 6.36. The van der Waals surface area contributed by atoms with Gasteiger partial charge in [0, 0.05) is 10.0 Å². The molecule has 0 aliphatic heterocycles. The molecular weight excluding hydrogens is 458 g/mol. The molecule has 30 heavy (non-hydrogen) atoms. The molecule has 9 nitrogen and oxygen atoms in total. The van der Waals surface area contributed by atoms with E-state index in [2.05, 4.69) is 30.8 Å². The van der Waals surface area contributed by atoms with Crippen LogP contribution in [0, 0.1) is 0 Å². The van der Waals surface area contributed by atoms with Crippen LogP contribution in [0.1, 0.15) is 12.5 Å². The standard InChI is InChI=1S/C20H18BrN3O6/c1-11(19(26)29-3)30-17-12(8-13(21)9-16(17)28-2)10-22-24-18(25)14-6-4-5-7-15(14)23-20(24)27/h4-11H,1-3H3,(H,23,27)/t11-/m0/s1. The molecule has 0 saturated heterocycles. The number of halogens is 1. The Balaban J connectivity index is 2.10. The van der Waals surface area contributed by atoms with Crippen LogP contribution in [0.5, 0.6) is 11.5 Å². The van der Waals surface area contributed by atoms with Crippen molar-refractivity contribution in [2.45, 2.75) is 13.0 Å². The second-order valence-corrected chi connectivity index (χ2v) is 7.06. The first-order chi connectivity index (χ1) is 14.3. The number of nitrogens with one attached hydrogen (secondary N) is 1. The molecule has 1 atom stereocenters. The number of para-hydroxylation sites is 1. The summed E-state index contributed by atoms with van der Waals surface area (Å²) in [6.07, 6.45) is 0.349. The number of aromatic amines is 1. The number of benzene rings is 2. The third-order valence-electron chi connectivity index (χ3n) is 4.19. The number of rotatable bonds is 6. The summed E-state index contributed by atoms with van der Waals surface area (Å²) in [5.74, 6) is -0.0565. The summed E-state index contributed by atoms with van der Waals surface area (Å²) in [4.78, 5) is 39.3. The van der Waals surface area contributed by atoms with E-state index >= 15 is 0 Å². The van der Waals surface area contributed by atoms with Gasteiger partial charge in [-0.15, -0.1) is 4.68 Å². The number of nitrogens with zero attached hydrogens (tertiary/aromatic N) is 2. The van der Waals surface area contributed by atoms with Crippen molar-refractivity contribution < 1.29 is 19.0 Å². The average molecular weight is 476 g/mol. The van der Waals surface area contributed by atoms with Crippen molar-refractivity contribution in [1.29, 1.82) is 0 Å². The van der Waals surface area contributed by atoms with E-state index in [0.717, 1.165) is 0 Å². The molecule has 0 amide bonds. The number of hydrogen-bond acceptors (Lipinski definition) is 7. The zero-order valence-corrected chi connectivity index (χ0v) is 17.9.